The Morgan fingerprint density at radius 2 is 1.84 bits per heavy atom. The maximum atomic E-state index is 12.6. The first kappa shape index (κ1) is 23.5. The predicted molar refractivity (Wildman–Crippen MR) is 139 cm³/mol. The molecule has 0 atom stereocenters. The molecule has 3 rings (SSSR count). The zero-order chi connectivity index (χ0) is 22.4. The Labute approximate surface area is 211 Å². The Bertz CT molecular complexity index is 1180. The molecular formula is C24H17Br2IN2O2. The summed E-state index contributed by atoms with van der Waals surface area (Å²) in [6.07, 6.45) is 1.55. The maximum absolute atomic E-state index is 12.6. The van der Waals surface area contributed by atoms with Crippen molar-refractivity contribution < 1.29 is 9.53 Å². The van der Waals surface area contributed by atoms with Crippen molar-refractivity contribution in [3.63, 3.8) is 0 Å². The van der Waals surface area contributed by atoms with E-state index >= 15 is 0 Å². The van der Waals surface area contributed by atoms with Crippen molar-refractivity contribution in [1.29, 1.82) is 5.26 Å². The average Bonchev–Trinajstić information content (AvgIpc) is 2.73. The van der Waals surface area contributed by atoms with E-state index in [1.54, 1.807) is 12.1 Å². The Balaban J connectivity index is 1.78. The summed E-state index contributed by atoms with van der Waals surface area (Å²) in [6.45, 7) is 2.47. The number of amides is 1. The van der Waals surface area contributed by atoms with Gasteiger partial charge in [0.1, 0.15) is 24.0 Å². The van der Waals surface area contributed by atoms with Crippen molar-refractivity contribution in [3.05, 3.63) is 95.4 Å². The molecule has 0 aliphatic carbocycles. The van der Waals surface area contributed by atoms with E-state index < -0.39 is 5.91 Å². The van der Waals surface area contributed by atoms with E-state index in [4.69, 9.17) is 4.74 Å². The third-order valence-electron chi connectivity index (χ3n) is 4.28. The molecule has 1 N–H and O–H groups in total. The van der Waals surface area contributed by atoms with E-state index in [1.807, 2.05) is 61.5 Å². The van der Waals surface area contributed by atoms with Crippen molar-refractivity contribution in [2.45, 2.75) is 13.5 Å². The second kappa shape index (κ2) is 10.9. The van der Waals surface area contributed by atoms with Crippen LogP contribution in [0.2, 0.25) is 0 Å². The van der Waals surface area contributed by atoms with Crippen LogP contribution in [0.4, 0.5) is 5.69 Å². The Morgan fingerprint density at radius 3 is 2.48 bits per heavy atom. The summed E-state index contributed by atoms with van der Waals surface area (Å²) < 4.78 is 8.31. The molecule has 0 saturated carbocycles. The number of nitrogens with one attached hydrogen (secondary N) is 1. The first-order chi connectivity index (χ1) is 14.9. The number of nitrogens with zero attached hydrogens (tertiary/aromatic N) is 1. The van der Waals surface area contributed by atoms with Gasteiger partial charge in [0.25, 0.3) is 5.91 Å². The topological polar surface area (TPSA) is 62.1 Å². The number of para-hydroxylation sites is 1. The normalized spacial score (nSPS) is 11.0. The van der Waals surface area contributed by atoms with Crippen LogP contribution in [0.25, 0.3) is 6.08 Å². The lowest BCUT2D eigenvalue weighted by Gasteiger charge is -2.12. The third-order valence-corrected chi connectivity index (χ3v) is 6.40. The molecule has 1 amide bonds. The van der Waals surface area contributed by atoms with Gasteiger partial charge < -0.3 is 10.1 Å². The van der Waals surface area contributed by atoms with Crippen LogP contribution < -0.4 is 10.1 Å². The van der Waals surface area contributed by atoms with Gasteiger partial charge in [-0.1, -0.05) is 42.0 Å². The standard InChI is InChI=1S/C24H17Br2IN2O2/c1-15-5-4-6-16(9-15)14-31-23-19(25)11-17(12-20(23)26)10-18(13-28)24(30)29-22-8-3-2-7-21(22)27/h2-12H,14H2,1H3,(H,29,30). The van der Waals surface area contributed by atoms with Gasteiger partial charge in [0.05, 0.1) is 14.6 Å². The minimum atomic E-state index is -0.460. The molecule has 31 heavy (non-hydrogen) atoms. The van der Waals surface area contributed by atoms with Crippen molar-refractivity contribution >= 4 is 72.1 Å². The first-order valence-corrected chi connectivity index (χ1v) is 11.9. The molecule has 3 aromatic carbocycles. The van der Waals surface area contributed by atoms with Gasteiger partial charge in [-0.2, -0.15) is 5.26 Å². The summed E-state index contributed by atoms with van der Waals surface area (Å²) in [5, 5.41) is 12.3. The van der Waals surface area contributed by atoms with E-state index in [-0.39, 0.29) is 5.57 Å². The number of anilines is 1. The minimum Gasteiger partial charge on any atom is -0.487 e. The summed E-state index contributed by atoms with van der Waals surface area (Å²) in [7, 11) is 0. The fourth-order valence-electron chi connectivity index (χ4n) is 2.83. The molecule has 7 heteroatoms. The highest BCUT2D eigenvalue weighted by atomic mass is 127. The zero-order valence-corrected chi connectivity index (χ0v) is 21.8. The molecule has 0 aliphatic rings. The number of hydrogen-bond acceptors (Lipinski definition) is 3. The van der Waals surface area contributed by atoms with Gasteiger partial charge in [-0.15, -0.1) is 0 Å². The van der Waals surface area contributed by atoms with Gasteiger partial charge >= 0.3 is 0 Å². The highest BCUT2D eigenvalue weighted by molar-refractivity contribution is 14.1. The van der Waals surface area contributed by atoms with Crippen LogP contribution in [-0.2, 0) is 11.4 Å². The molecule has 0 fully saturated rings. The van der Waals surface area contributed by atoms with Gasteiger partial charge in [-0.25, -0.2) is 0 Å². The molecule has 0 saturated heterocycles. The minimum absolute atomic E-state index is 0.00637. The molecule has 3 aromatic rings. The molecule has 0 unspecified atom stereocenters. The summed E-state index contributed by atoms with van der Waals surface area (Å²) in [5.74, 6) is 0.194. The molecule has 156 valence electrons. The van der Waals surface area contributed by atoms with Gasteiger partial charge in [0.15, 0.2) is 0 Å². The van der Waals surface area contributed by atoms with Crippen LogP contribution in [0.1, 0.15) is 16.7 Å². The van der Waals surface area contributed by atoms with E-state index in [1.165, 1.54) is 5.56 Å². The average molecular weight is 652 g/mol. The van der Waals surface area contributed by atoms with Gasteiger partial charge in [0, 0.05) is 3.57 Å². The SMILES string of the molecule is Cc1cccc(COc2c(Br)cc(C=C(C#N)C(=O)Nc3ccccc3I)cc2Br)c1. The Kier molecular flexibility index (Phi) is 8.29. The van der Waals surface area contributed by atoms with Crippen LogP contribution in [0.3, 0.4) is 0 Å². The van der Waals surface area contributed by atoms with E-state index in [0.717, 1.165) is 18.1 Å². The highest BCUT2D eigenvalue weighted by Gasteiger charge is 2.13. The molecule has 0 spiro atoms. The highest BCUT2D eigenvalue weighted by Crippen LogP contribution is 2.36. The number of rotatable bonds is 6. The number of carbonyl (C=O) groups excluding carboxylic acids is 1. The molecule has 0 aromatic heterocycles. The largest absolute Gasteiger partial charge is 0.487 e. The van der Waals surface area contributed by atoms with Crippen LogP contribution >= 0.6 is 54.5 Å². The maximum Gasteiger partial charge on any atom is 0.266 e. The van der Waals surface area contributed by atoms with E-state index in [9.17, 15) is 10.1 Å². The predicted octanol–water partition coefficient (Wildman–Crippen LogP) is 7.25. The number of benzene rings is 3. The summed E-state index contributed by atoms with van der Waals surface area (Å²) in [4.78, 5) is 12.6. The van der Waals surface area contributed by atoms with Crippen molar-refractivity contribution in [3.8, 4) is 11.8 Å². The molecule has 0 aliphatic heterocycles. The molecule has 4 nitrogen and oxygen atoms in total. The monoisotopic (exact) mass is 650 g/mol. The van der Waals surface area contributed by atoms with Crippen LogP contribution in [0, 0.1) is 21.8 Å². The Hall–Kier alpha value is -2.15. The lowest BCUT2D eigenvalue weighted by molar-refractivity contribution is -0.112. The number of hydrogen-bond donors (Lipinski definition) is 1. The molecule has 0 heterocycles. The molecular weight excluding hydrogens is 635 g/mol. The summed E-state index contributed by atoms with van der Waals surface area (Å²) in [6, 6.07) is 21.1. The quantitative estimate of drug-likeness (QED) is 0.174. The number of ether oxygens (including phenoxy) is 1. The summed E-state index contributed by atoms with van der Waals surface area (Å²) >= 11 is 9.19. The number of halogens is 3. The fraction of sp³-hybridized carbons (Fsp3) is 0.0833. The van der Waals surface area contributed by atoms with Gasteiger partial charge in [-0.05, 0) is 103 Å². The van der Waals surface area contributed by atoms with E-state index in [0.29, 0.717) is 23.6 Å². The lowest BCUT2D eigenvalue weighted by Crippen LogP contribution is -2.14. The first-order valence-electron chi connectivity index (χ1n) is 9.22. The summed E-state index contributed by atoms with van der Waals surface area (Å²) in [5.41, 5.74) is 3.61. The number of carbonyl (C=O) groups is 1. The molecule has 0 bridgehead atoms. The smallest absolute Gasteiger partial charge is 0.266 e. The van der Waals surface area contributed by atoms with E-state index in [2.05, 4.69) is 65.8 Å². The third kappa shape index (κ3) is 6.42. The van der Waals surface area contributed by atoms with Crippen molar-refractivity contribution in [2.75, 3.05) is 5.32 Å². The second-order valence-electron chi connectivity index (χ2n) is 6.70. The number of aryl methyl sites for hydroxylation is 1. The van der Waals surface area contributed by atoms with Crippen LogP contribution in [-0.4, -0.2) is 5.91 Å². The van der Waals surface area contributed by atoms with Gasteiger partial charge in [0.2, 0.25) is 0 Å². The lowest BCUT2D eigenvalue weighted by atomic mass is 10.1. The number of nitriles is 1. The van der Waals surface area contributed by atoms with Crippen molar-refractivity contribution in [2.24, 2.45) is 0 Å². The zero-order valence-electron chi connectivity index (χ0n) is 16.5. The van der Waals surface area contributed by atoms with Gasteiger partial charge in [-0.3, -0.25) is 4.79 Å². The van der Waals surface area contributed by atoms with Crippen LogP contribution in [0.15, 0.2) is 75.2 Å². The van der Waals surface area contributed by atoms with Crippen LogP contribution in [0.5, 0.6) is 5.75 Å². The fourth-order valence-corrected chi connectivity index (χ4v) is 4.80. The second-order valence-corrected chi connectivity index (χ2v) is 9.57. The van der Waals surface area contributed by atoms with Crippen molar-refractivity contribution in [1.82, 2.24) is 0 Å². The Morgan fingerprint density at radius 1 is 1.13 bits per heavy atom. The molecule has 0 radical (unpaired) electrons.